The monoisotopic (exact) mass is 258 g/mol. The molecular weight excluding hydrogens is 240 g/mol. The van der Waals surface area contributed by atoms with E-state index in [1.807, 2.05) is 31.2 Å². The third-order valence-electron chi connectivity index (χ3n) is 3.75. The van der Waals surface area contributed by atoms with E-state index in [9.17, 15) is 10.1 Å². The molecule has 4 nitrogen and oxygen atoms in total. The summed E-state index contributed by atoms with van der Waals surface area (Å²) in [5, 5.41) is 9.42. The van der Waals surface area contributed by atoms with Crippen molar-refractivity contribution >= 4 is 11.6 Å². The van der Waals surface area contributed by atoms with Crippen molar-refractivity contribution in [3.8, 4) is 6.07 Å². The molecule has 4 heteroatoms. The third-order valence-corrected chi connectivity index (χ3v) is 3.75. The van der Waals surface area contributed by atoms with Crippen molar-refractivity contribution in [2.45, 2.75) is 19.8 Å². The van der Waals surface area contributed by atoms with Crippen LogP contribution in [0.25, 0.3) is 0 Å². The van der Waals surface area contributed by atoms with Gasteiger partial charge in [0.25, 0.3) is 0 Å². The molecule has 1 amide bonds. The molecule has 0 unspecified atom stereocenters. The van der Waals surface area contributed by atoms with E-state index in [1.54, 1.807) is 11.9 Å². The van der Waals surface area contributed by atoms with Gasteiger partial charge in [0.1, 0.15) is 5.41 Å². The fourth-order valence-electron chi connectivity index (χ4n) is 2.46. The van der Waals surface area contributed by atoms with Crippen LogP contribution in [0.15, 0.2) is 24.3 Å². The lowest BCUT2D eigenvalue weighted by Gasteiger charge is -2.33. The Morgan fingerprint density at radius 1 is 1.37 bits per heavy atom. The molecule has 1 aliphatic rings. The number of carbonyl (C=O) groups is 1. The van der Waals surface area contributed by atoms with Crippen LogP contribution >= 0.6 is 0 Å². The number of rotatable bonds is 2. The van der Waals surface area contributed by atoms with Gasteiger partial charge in [-0.05, 0) is 31.4 Å². The lowest BCUT2D eigenvalue weighted by molar-refractivity contribution is -0.129. The topological polar surface area (TPSA) is 53.3 Å². The molecule has 0 bridgehead atoms. The highest BCUT2D eigenvalue weighted by Gasteiger charge is 2.42. The summed E-state index contributed by atoms with van der Waals surface area (Å²) in [4.78, 5) is 14.3. The number of anilines is 1. The van der Waals surface area contributed by atoms with E-state index in [-0.39, 0.29) is 5.91 Å². The molecule has 1 aromatic carbocycles. The van der Waals surface area contributed by atoms with Gasteiger partial charge in [-0.2, -0.15) is 5.26 Å². The van der Waals surface area contributed by atoms with Crippen LogP contribution in [0.3, 0.4) is 0 Å². The van der Waals surface area contributed by atoms with Crippen LogP contribution in [0, 0.1) is 23.7 Å². The Morgan fingerprint density at radius 3 is 2.58 bits per heavy atom. The van der Waals surface area contributed by atoms with Gasteiger partial charge in [-0.25, -0.2) is 0 Å². The van der Waals surface area contributed by atoms with Crippen molar-refractivity contribution < 1.29 is 9.53 Å². The molecule has 2 rings (SSSR count). The summed E-state index contributed by atoms with van der Waals surface area (Å²) >= 11 is 0. The number of nitrogens with zero attached hydrogens (tertiary/aromatic N) is 2. The van der Waals surface area contributed by atoms with E-state index in [1.165, 1.54) is 0 Å². The number of para-hydroxylation sites is 1. The summed E-state index contributed by atoms with van der Waals surface area (Å²) in [5.74, 6) is -0.132. The van der Waals surface area contributed by atoms with Crippen LogP contribution in [0.2, 0.25) is 0 Å². The number of ether oxygens (including phenoxy) is 1. The minimum atomic E-state index is -0.935. The van der Waals surface area contributed by atoms with Crippen molar-refractivity contribution in [2.75, 3.05) is 25.2 Å². The number of carbonyl (C=O) groups excluding carboxylic acids is 1. The second kappa shape index (κ2) is 5.41. The summed E-state index contributed by atoms with van der Waals surface area (Å²) < 4.78 is 5.26. The lowest BCUT2D eigenvalue weighted by atomic mass is 9.80. The molecule has 19 heavy (non-hydrogen) atoms. The standard InChI is InChI=1S/C15H18N2O2/c1-12-5-3-4-6-13(12)17(2)14(18)15(11-16)7-9-19-10-8-15/h3-6H,7-10H2,1-2H3. The first-order valence-electron chi connectivity index (χ1n) is 6.43. The zero-order valence-corrected chi connectivity index (χ0v) is 11.3. The van der Waals surface area contributed by atoms with Crippen LogP contribution in [-0.4, -0.2) is 26.2 Å². The Labute approximate surface area is 113 Å². The molecule has 0 N–H and O–H groups in total. The number of hydrogen-bond acceptors (Lipinski definition) is 3. The molecule has 100 valence electrons. The minimum absolute atomic E-state index is 0.132. The van der Waals surface area contributed by atoms with Crippen LogP contribution in [0.5, 0.6) is 0 Å². The first-order chi connectivity index (χ1) is 9.10. The lowest BCUT2D eigenvalue weighted by Crippen LogP contribution is -2.45. The van der Waals surface area contributed by atoms with E-state index in [0.717, 1.165) is 11.3 Å². The highest BCUT2D eigenvalue weighted by atomic mass is 16.5. The summed E-state index contributed by atoms with van der Waals surface area (Å²) in [6.45, 7) is 2.91. The van der Waals surface area contributed by atoms with Gasteiger partial charge in [-0.1, -0.05) is 18.2 Å². The van der Waals surface area contributed by atoms with Gasteiger partial charge >= 0.3 is 0 Å². The number of nitriles is 1. The van der Waals surface area contributed by atoms with Gasteiger partial charge in [-0.15, -0.1) is 0 Å². The average Bonchev–Trinajstić information content (AvgIpc) is 2.47. The van der Waals surface area contributed by atoms with Gasteiger partial charge in [-0.3, -0.25) is 4.79 Å². The first-order valence-corrected chi connectivity index (χ1v) is 6.43. The number of amides is 1. The summed E-state index contributed by atoms with van der Waals surface area (Å²) in [7, 11) is 1.74. The summed E-state index contributed by atoms with van der Waals surface area (Å²) in [5.41, 5.74) is 0.946. The van der Waals surface area contributed by atoms with Crippen LogP contribution in [-0.2, 0) is 9.53 Å². The van der Waals surface area contributed by atoms with Crippen molar-refractivity contribution in [1.29, 1.82) is 5.26 Å². The third kappa shape index (κ3) is 2.47. The fourth-order valence-corrected chi connectivity index (χ4v) is 2.46. The zero-order valence-electron chi connectivity index (χ0n) is 11.3. The molecule has 1 fully saturated rings. The van der Waals surface area contributed by atoms with Crippen molar-refractivity contribution in [3.05, 3.63) is 29.8 Å². The molecular formula is C15H18N2O2. The minimum Gasteiger partial charge on any atom is -0.381 e. The highest BCUT2D eigenvalue weighted by Crippen LogP contribution is 2.33. The molecule has 1 heterocycles. The predicted octanol–water partition coefficient (Wildman–Crippen LogP) is 2.28. The van der Waals surface area contributed by atoms with E-state index in [4.69, 9.17) is 4.74 Å². The van der Waals surface area contributed by atoms with Gasteiger partial charge < -0.3 is 9.64 Å². The molecule has 0 aromatic heterocycles. The Bertz CT molecular complexity index is 513. The second-order valence-electron chi connectivity index (χ2n) is 4.96. The molecule has 0 radical (unpaired) electrons. The Kier molecular flexibility index (Phi) is 3.87. The second-order valence-corrected chi connectivity index (χ2v) is 4.96. The summed E-state index contributed by atoms with van der Waals surface area (Å²) in [6, 6.07) is 9.91. The molecule has 0 saturated carbocycles. The molecule has 0 spiro atoms. The molecule has 0 atom stereocenters. The molecule has 0 aliphatic carbocycles. The van der Waals surface area contributed by atoms with Gasteiger partial charge in [0, 0.05) is 25.9 Å². The predicted molar refractivity (Wildman–Crippen MR) is 72.7 cm³/mol. The molecule has 1 aliphatic heterocycles. The summed E-state index contributed by atoms with van der Waals surface area (Å²) in [6.07, 6.45) is 0.942. The largest absolute Gasteiger partial charge is 0.381 e. The Hall–Kier alpha value is -1.86. The van der Waals surface area contributed by atoms with Gasteiger partial charge in [0.05, 0.1) is 6.07 Å². The number of aryl methyl sites for hydroxylation is 1. The average molecular weight is 258 g/mol. The van der Waals surface area contributed by atoms with Crippen molar-refractivity contribution in [2.24, 2.45) is 5.41 Å². The van der Waals surface area contributed by atoms with Crippen LogP contribution in [0.1, 0.15) is 18.4 Å². The first kappa shape index (κ1) is 13.6. The SMILES string of the molecule is Cc1ccccc1N(C)C(=O)C1(C#N)CCOCC1. The van der Waals surface area contributed by atoms with Crippen molar-refractivity contribution in [1.82, 2.24) is 0 Å². The maximum Gasteiger partial charge on any atom is 0.247 e. The van der Waals surface area contributed by atoms with E-state index in [2.05, 4.69) is 6.07 Å². The quantitative estimate of drug-likeness (QED) is 0.817. The van der Waals surface area contributed by atoms with E-state index < -0.39 is 5.41 Å². The zero-order chi connectivity index (χ0) is 13.9. The number of hydrogen-bond donors (Lipinski definition) is 0. The van der Waals surface area contributed by atoms with E-state index in [0.29, 0.717) is 26.1 Å². The maximum absolute atomic E-state index is 12.7. The highest BCUT2D eigenvalue weighted by molar-refractivity contribution is 5.99. The van der Waals surface area contributed by atoms with Gasteiger partial charge in [0.15, 0.2) is 0 Å². The van der Waals surface area contributed by atoms with Crippen LogP contribution in [0.4, 0.5) is 5.69 Å². The smallest absolute Gasteiger partial charge is 0.247 e. The normalized spacial score (nSPS) is 17.5. The van der Waals surface area contributed by atoms with E-state index >= 15 is 0 Å². The maximum atomic E-state index is 12.7. The van der Waals surface area contributed by atoms with Gasteiger partial charge in [0.2, 0.25) is 5.91 Å². The van der Waals surface area contributed by atoms with Crippen LogP contribution < -0.4 is 4.90 Å². The number of benzene rings is 1. The van der Waals surface area contributed by atoms with Crippen molar-refractivity contribution in [3.63, 3.8) is 0 Å². The Morgan fingerprint density at radius 2 is 2.00 bits per heavy atom. The molecule has 1 aromatic rings. The fraction of sp³-hybridized carbons (Fsp3) is 0.467. The Balaban J connectivity index is 2.28. The molecule has 1 saturated heterocycles.